The second kappa shape index (κ2) is 3.18. The van der Waals surface area contributed by atoms with E-state index in [4.69, 9.17) is 22.7 Å². The van der Waals surface area contributed by atoms with Crippen LogP contribution in [0.2, 0.25) is 0 Å². The molecule has 1 aromatic carbocycles. The number of fused-ring (bicyclic) bond motifs is 1. The molecule has 2 rings (SSSR count). The van der Waals surface area contributed by atoms with Crippen LogP contribution < -0.4 is 10.5 Å². The molecule has 0 amide bonds. The molecule has 66 valence electrons. The van der Waals surface area contributed by atoms with E-state index in [-0.39, 0.29) is 0 Å². The molecule has 1 heterocycles. The molecular weight excluding hydrogens is 182 g/mol. The quantitative estimate of drug-likeness (QED) is 0.686. The van der Waals surface area contributed by atoms with Gasteiger partial charge in [0.1, 0.15) is 17.3 Å². The second-order valence-electron chi connectivity index (χ2n) is 2.80. The minimum atomic E-state index is 0.382. The molecule has 0 saturated carbocycles. The van der Waals surface area contributed by atoms with E-state index in [9.17, 15) is 0 Å². The fraction of sp³-hybridized carbons (Fsp3) is 0.100. The molecule has 2 nitrogen and oxygen atoms in total. The summed E-state index contributed by atoms with van der Waals surface area (Å²) in [5, 5.41) is 0. The van der Waals surface area contributed by atoms with Crippen LogP contribution in [-0.2, 0) is 0 Å². The summed E-state index contributed by atoms with van der Waals surface area (Å²) in [4.78, 5) is 0.382. The van der Waals surface area contributed by atoms with Crippen LogP contribution in [0.3, 0.4) is 0 Å². The zero-order valence-corrected chi connectivity index (χ0v) is 7.80. The van der Waals surface area contributed by atoms with Crippen LogP contribution in [0.4, 0.5) is 0 Å². The summed E-state index contributed by atoms with van der Waals surface area (Å²) < 4.78 is 5.46. The predicted molar refractivity (Wildman–Crippen MR) is 56.9 cm³/mol. The van der Waals surface area contributed by atoms with Crippen LogP contribution in [0.1, 0.15) is 11.1 Å². The van der Waals surface area contributed by atoms with Crippen molar-refractivity contribution in [2.24, 2.45) is 5.73 Å². The van der Waals surface area contributed by atoms with E-state index in [0.29, 0.717) is 11.6 Å². The summed E-state index contributed by atoms with van der Waals surface area (Å²) in [7, 11) is 0. The number of hydrogen-bond donors (Lipinski definition) is 1. The molecule has 0 radical (unpaired) electrons. The topological polar surface area (TPSA) is 35.2 Å². The van der Waals surface area contributed by atoms with Crippen molar-refractivity contribution < 1.29 is 4.74 Å². The first-order valence-electron chi connectivity index (χ1n) is 4.01. The summed E-state index contributed by atoms with van der Waals surface area (Å²) in [6.07, 6.45) is 3.98. The van der Waals surface area contributed by atoms with Gasteiger partial charge in [0.15, 0.2) is 0 Å². The predicted octanol–water partition coefficient (Wildman–Crippen LogP) is 1.73. The lowest BCUT2D eigenvalue weighted by Gasteiger charge is -2.15. The molecule has 0 atom stereocenters. The molecule has 0 fully saturated rings. The maximum Gasteiger partial charge on any atom is 0.137 e. The summed E-state index contributed by atoms with van der Waals surface area (Å²) >= 11 is 4.92. The Bertz CT molecular complexity index is 385. The third-order valence-corrected chi connectivity index (χ3v) is 2.15. The molecule has 1 aliphatic heterocycles. The van der Waals surface area contributed by atoms with Crippen molar-refractivity contribution in [3.8, 4) is 5.75 Å². The van der Waals surface area contributed by atoms with Crippen LogP contribution in [0.5, 0.6) is 5.75 Å². The Hall–Kier alpha value is -1.35. The van der Waals surface area contributed by atoms with Gasteiger partial charge in [0.05, 0.1) is 5.56 Å². The normalized spacial score (nSPS) is 13.2. The van der Waals surface area contributed by atoms with Crippen LogP contribution in [0, 0.1) is 0 Å². The minimum Gasteiger partial charge on any atom is -0.488 e. The minimum absolute atomic E-state index is 0.382. The van der Waals surface area contributed by atoms with E-state index in [1.165, 1.54) is 0 Å². The summed E-state index contributed by atoms with van der Waals surface area (Å²) in [5.41, 5.74) is 7.42. The standard InChI is InChI=1S/C10H9NOS/c11-10(13)8-5-1-3-7-4-2-6-12-9(7)8/h1-5H,6H2,(H2,11,13). The Kier molecular flexibility index (Phi) is 2.02. The average Bonchev–Trinajstić information content (AvgIpc) is 2.17. The third-order valence-electron chi connectivity index (χ3n) is 1.93. The highest BCUT2D eigenvalue weighted by molar-refractivity contribution is 7.80. The highest BCUT2D eigenvalue weighted by Gasteiger charge is 2.11. The smallest absolute Gasteiger partial charge is 0.137 e. The van der Waals surface area contributed by atoms with Crippen LogP contribution >= 0.6 is 12.2 Å². The van der Waals surface area contributed by atoms with Crippen molar-refractivity contribution in [3.05, 3.63) is 35.4 Å². The summed E-state index contributed by atoms with van der Waals surface area (Å²) in [6.45, 7) is 0.590. The first-order chi connectivity index (χ1) is 6.29. The average molecular weight is 191 g/mol. The molecule has 13 heavy (non-hydrogen) atoms. The van der Waals surface area contributed by atoms with Gasteiger partial charge in [-0.2, -0.15) is 0 Å². The molecule has 0 aliphatic carbocycles. The van der Waals surface area contributed by atoms with Gasteiger partial charge >= 0.3 is 0 Å². The van der Waals surface area contributed by atoms with Crippen molar-refractivity contribution in [2.45, 2.75) is 0 Å². The van der Waals surface area contributed by atoms with Gasteiger partial charge in [0, 0.05) is 5.56 Å². The fourth-order valence-electron chi connectivity index (χ4n) is 1.35. The Morgan fingerprint density at radius 2 is 2.31 bits per heavy atom. The van der Waals surface area contributed by atoms with Gasteiger partial charge in [-0.15, -0.1) is 0 Å². The van der Waals surface area contributed by atoms with Crippen LogP contribution in [0.25, 0.3) is 6.08 Å². The van der Waals surface area contributed by atoms with E-state index in [0.717, 1.165) is 16.9 Å². The molecule has 0 bridgehead atoms. The van der Waals surface area contributed by atoms with Crippen LogP contribution in [0.15, 0.2) is 24.3 Å². The van der Waals surface area contributed by atoms with Gasteiger partial charge in [-0.05, 0) is 12.1 Å². The monoisotopic (exact) mass is 191 g/mol. The molecule has 1 aromatic rings. The number of benzene rings is 1. The number of para-hydroxylation sites is 1. The van der Waals surface area contributed by atoms with Gasteiger partial charge in [-0.25, -0.2) is 0 Å². The van der Waals surface area contributed by atoms with Crippen molar-refractivity contribution >= 4 is 23.3 Å². The second-order valence-corrected chi connectivity index (χ2v) is 3.24. The zero-order chi connectivity index (χ0) is 9.26. The van der Waals surface area contributed by atoms with Gasteiger partial charge in [0.2, 0.25) is 0 Å². The number of ether oxygens (including phenoxy) is 1. The number of nitrogens with two attached hydrogens (primary N) is 1. The maximum absolute atomic E-state index is 5.57. The number of hydrogen-bond acceptors (Lipinski definition) is 2. The Morgan fingerprint density at radius 3 is 3.08 bits per heavy atom. The molecule has 0 spiro atoms. The Balaban J connectivity index is 2.59. The summed E-state index contributed by atoms with van der Waals surface area (Å²) in [6, 6.07) is 5.78. The SMILES string of the molecule is NC(=S)c1cccc2c1OCC=C2. The van der Waals surface area contributed by atoms with E-state index >= 15 is 0 Å². The molecular formula is C10H9NOS. The molecule has 2 N–H and O–H groups in total. The molecule has 0 saturated heterocycles. The Labute approximate surface area is 82.0 Å². The van der Waals surface area contributed by atoms with E-state index in [1.54, 1.807) is 0 Å². The first kappa shape index (κ1) is 8.26. The van der Waals surface area contributed by atoms with Gasteiger partial charge < -0.3 is 10.5 Å². The van der Waals surface area contributed by atoms with E-state index < -0.39 is 0 Å². The molecule has 1 aliphatic rings. The molecule has 0 unspecified atom stereocenters. The highest BCUT2D eigenvalue weighted by Crippen LogP contribution is 2.27. The first-order valence-corrected chi connectivity index (χ1v) is 4.42. The lowest BCUT2D eigenvalue weighted by molar-refractivity contribution is 0.358. The lowest BCUT2D eigenvalue weighted by Crippen LogP contribution is -2.13. The van der Waals surface area contributed by atoms with Gasteiger partial charge in [-0.3, -0.25) is 0 Å². The lowest BCUT2D eigenvalue weighted by atomic mass is 10.1. The molecule has 3 heteroatoms. The Morgan fingerprint density at radius 1 is 1.46 bits per heavy atom. The van der Waals surface area contributed by atoms with Gasteiger partial charge in [0.25, 0.3) is 0 Å². The highest BCUT2D eigenvalue weighted by atomic mass is 32.1. The van der Waals surface area contributed by atoms with Crippen molar-refractivity contribution in [3.63, 3.8) is 0 Å². The van der Waals surface area contributed by atoms with E-state index in [1.807, 2.05) is 30.4 Å². The van der Waals surface area contributed by atoms with Crippen molar-refractivity contribution in [1.29, 1.82) is 0 Å². The van der Waals surface area contributed by atoms with Gasteiger partial charge in [-0.1, -0.05) is 30.4 Å². The maximum atomic E-state index is 5.57. The molecule has 0 aromatic heterocycles. The van der Waals surface area contributed by atoms with Crippen molar-refractivity contribution in [1.82, 2.24) is 0 Å². The fourth-order valence-corrected chi connectivity index (χ4v) is 1.51. The summed E-state index contributed by atoms with van der Waals surface area (Å²) in [5.74, 6) is 0.803. The third kappa shape index (κ3) is 1.42. The number of rotatable bonds is 1. The largest absolute Gasteiger partial charge is 0.488 e. The van der Waals surface area contributed by atoms with E-state index in [2.05, 4.69) is 0 Å². The van der Waals surface area contributed by atoms with Crippen LogP contribution in [-0.4, -0.2) is 11.6 Å². The van der Waals surface area contributed by atoms with Crippen molar-refractivity contribution in [2.75, 3.05) is 6.61 Å². The zero-order valence-electron chi connectivity index (χ0n) is 6.99. The number of thiocarbonyl (C=S) groups is 1.